The summed E-state index contributed by atoms with van der Waals surface area (Å²) in [6.07, 6.45) is 0. The fraction of sp³-hybridized carbons (Fsp3) is 0.0769. The third-order valence-corrected chi connectivity index (χ3v) is 3.03. The van der Waals surface area contributed by atoms with Crippen LogP contribution in [0.2, 0.25) is 5.02 Å². The van der Waals surface area contributed by atoms with Gasteiger partial charge in [0.1, 0.15) is 5.82 Å². The van der Waals surface area contributed by atoms with Gasteiger partial charge in [0.2, 0.25) is 0 Å². The van der Waals surface area contributed by atoms with Crippen molar-refractivity contribution in [2.45, 2.75) is 6.04 Å². The lowest BCUT2D eigenvalue weighted by Gasteiger charge is -2.18. The lowest BCUT2D eigenvalue weighted by atomic mass is 9.98. The van der Waals surface area contributed by atoms with Crippen molar-refractivity contribution < 1.29 is 13.2 Å². The Morgan fingerprint density at radius 2 is 1.79 bits per heavy atom. The van der Waals surface area contributed by atoms with E-state index in [9.17, 15) is 13.2 Å². The average Bonchev–Trinajstić information content (AvgIpc) is 2.39. The molecule has 0 saturated heterocycles. The molecule has 0 aliphatic carbocycles. The Bertz CT molecular complexity index is 604. The number of halogens is 4. The summed E-state index contributed by atoms with van der Waals surface area (Å²) in [5, 5.41) is -0.116. The maximum Gasteiger partial charge on any atom is 0.163 e. The molecule has 0 saturated carbocycles. The maximum atomic E-state index is 13.7. The molecule has 1 atom stereocenters. The molecule has 2 rings (SSSR count). The summed E-state index contributed by atoms with van der Waals surface area (Å²) in [5.74, 6) is 2.78. The molecule has 2 aromatic carbocycles. The van der Waals surface area contributed by atoms with Crippen molar-refractivity contribution in [1.29, 1.82) is 0 Å². The Hall–Kier alpha value is -1.56. The van der Waals surface area contributed by atoms with Gasteiger partial charge in [-0.15, -0.1) is 0 Å². The minimum absolute atomic E-state index is 0.0187. The molecule has 19 heavy (non-hydrogen) atoms. The Morgan fingerprint density at radius 3 is 2.42 bits per heavy atom. The third-order valence-electron chi connectivity index (χ3n) is 2.74. The number of hydrogen-bond acceptors (Lipinski definition) is 2. The van der Waals surface area contributed by atoms with Crippen LogP contribution in [0.1, 0.15) is 17.2 Å². The van der Waals surface area contributed by atoms with E-state index in [0.29, 0.717) is 5.56 Å². The van der Waals surface area contributed by atoms with Crippen molar-refractivity contribution in [1.82, 2.24) is 5.43 Å². The Labute approximate surface area is 113 Å². The van der Waals surface area contributed by atoms with E-state index < -0.39 is 23.5 Å². The smallest absolute Gasteiger partial charge is 0.163 e. The quantitative estimate of drug-likeness (QED) is 0.671. The summed E-state index contributed by atoms with van der Waals surface area (Å²) in [4.78, 5) is 0. The van der Waals surface area contributed by atoms with Crippen LogP contribution in [0.15, 0.2) is 36.4 Å². The van der Waals surface area contributed by atoms with Gasteiger partial charge >= 0.3 is 0 Å². The summed E-state index contributed by atoms with van der Waals surface area (Å²) in [6, 6.07) is 6.78. The lowest BCUT2D eigenvalue weighted by Crippen LogP contribution is -2.29. The molecule has 3 N–H and O–H groups in total. The van der Waals surface area contributed by atoms with Crippen LogP contribution in [0.4, 0.5) is 13.2 Å². The first-order valence-electron chi connectivity index (χ1n) is 5.39. The van der Waals surface area contributed by atoms with Gasteiger partial charge in [-0.3, -0.25) is 5.84 Å². The van der Waals surface area contributed by atoms with Crippen LogP contribution >= 0.6 is 11.6 Å². The van der Waals surface area contributed by atoms with Crippen LogP contribution in [-0.4, -0.2) is 0 Å². The van der Waals surface area contributed by atoms with Gasteiger partial charge in [0, 0.05) is 5.56 Å². The van der Waals surface area contributed by atoms with Gasteiger partial charge in [0.25, 0.3) is 0 Å². The Kier molecular flexibility index (Phi) is 4.09. The monoisotopic (exact) mass is 286 g/mol. The average molecular weight is 287 g/mol. The van der Waals surface area contributed by atoms with Crippen molar-refractivity contribution in [3.8, 4) is 0 Å². The number of hydrazine groups is 1. The number of nitrogens with two attached hydrogens (primary N) is 1. The number of hydrogen-bond donors (Lipinski definition) is 2. The molecule has 0 fully saturated rings. The summed E-state index contributed by atoms with van der Waals surface area (Å²) in [6.45, 7) is 0. The van der Waals surface area contributed by atoms with Gasteiger partial charge in [-0.05, 0) is 23.8 Å². The molecule has 2 aromatic rings. The molecule has 0 radical (unpaired) electrons. The van der Waals surface area contributed by atoms with Gasteiger partial charge in [0.15, 0.2) is 11.6 Å². The third kappa shape index (κ3) is 2.73. The summed E-state index contributed by atoms with van der Waals surface area (Å²) in [5.41, 5.74) is 2.81. The fourth-order valence-electron chi connectivity index (χ4n) is 1.80. The highest BCUT2D eigenvalue weighted by Gasteiger charge is 2.19. The highest BCUT2D eigenvalue weighted by atomic mass is 35.5. The predicted octanol–water partition coefficient (Wildman–Crippen LogP) is 3.31. The topological polar surface area (TPSA) is 38.0 Å². The highest BCUT2D eigenvalue weighted by Crippen LogP contribution is 2.27. The number of nitrogens with one attached hydrogen (secondary N) is 1. The molecular formula is C13H10ClF3N2. The van der Waals surface area contributed by atoms with Gasteiger partial charge in [0.05, 0.1) is 11.1 Å². The van der Waals surface area contributed by atoms with Crippen LogP contribution in [-0.2, 0) is 0 Å². The van der Waals surface area contributed by atoms with Gasteiger partial charge in [-0.1, -0.05) is 29.8 Å². The number of benzene rings is 2. The first-order chi connectivity index (χ1) is 9.04. The second kappa shape index (κ2) is 5.61. The zero-order valence-electron chi connectivity index (χ0n) is 9.63. The van der Waals surface area contributed by atoms with Crippen LogP contribution in [0.25, 0.3) is 0 Å². The van der Waals surface area contributed by atoms with Gasteiger partial charge in [-0.2, -0.15) is 0 Å². The molecule has 0 aromatic heterocycles. The van der Waals surface area contributed by atoms with E-state index in [4.69, 9.17) is 17.4 Å². The normalized spacial score (nSPS) is 12.5. The zero-order valence-corrected chi connectivity index (χ0v) is 10.4. The van der Waals surface area contributed by atoms with Crippen molar-refractivity contribution >= 4 is 11.6 Å². The van der Waals surface area contributed by atoms with E-state index in [1.54, 1.807) is 0 Å². The van der Waals surface area contributed by atoms with Crippen molar-refractivity contribution in [2.75, 3.05) is 0 Å². The van der Waals surface area contributed by atoms with E-state index in [1.807, 2.05) is 0 Å². The van der Waals surface area contributed by atoms with E-state index in [2.05, 4.69) is 5.43 Å². The van der Waals surface area contributed by atoms with Crippen molar-refractivity contribution in [3.05, 3.63) is 70.0 Å². The second-order valence-corrected chi connectivity index (χ2v) is 4.32. The fourth-order valence-corrected chi connectivity index (χ4v) is 1.99. The molecule has 1 unspecified atom stereocenters. The Balaban J connectivity index is 2.50. The lowest BCUT2D eigenvalue weighted by molar-refractivity contribution is 0.483. The minimum Gasteiger partial charge on any atom is -0.271 e. The molecule has 0 heterocycles. The van der Waals surface area contributed by atoms with E-state index >= 15 is 0 Å². The van der Waals surface area contributed by atoms with Crippen molar-refractivity contribution in [3.63, 3.8) is 0 Å². The van der Waals surface area contributed by atoms with Gasteiger partial charge < -0.3 is 0 Å². The molecule has 0 aliphatic heterocycles. The second-order valence-electron chi connectivity index (χ2n) is 3.92. The molecule has 2 nitrogen and oxygen atoms in total. The van der Waals surface area contributed by atoms with E-state index in [0.717, 1.165) is 12.1 Å². The Morgan fingerprint density at radius 1 is 1.05 bits per heavy atom. The first-order valence-corrected chi connectivity index (χ1v) is 5.77. The molecular weight excluding hydrogens is 277 g/mol. The van der Waals surface area contributed by atoms with Gasteiger partial charge in [-0.25, -0.2) is 18.6 Å². The van der Waals surface area contributed by atoms with Crippen LogP contribution < -0.4 is 11.3 Å². The molecule has 6 heteroatoms. The minimum atomic E-state index is -1.01. The van der Waals surface area contributed by atoms with E-state index in [1.165, 1.54) is 24.3 Å². The zero-order chi connectivity index (χ0) is 14.0. The van der Waals surface area contributed by atoms with Crippen LogP contribution in [0.3, 0.4) is 0 Å². The largest absolute Gasteiger partial charge is 0.271 e. The maximum absolute atomic E-state index is 13.7. The summed E-state index contributed by atoms with van der Waals surface area (Å²) >= 11 is 5.66. The van der Waals surface area contributed by atoms with Crippen LogP contribution in [0, 0.1) is 17.5 Å². The molecule has 0 spiro atoms. The molecule has 100 valence electrons. The number of rotatable bonds is 3. The van der Waals surface area contributed by atoms with Crippen molar-refractivity contribution in [2.24, 2.45) is 5.84 Å². The van der Waals surface area contributed by atoms with Crippen LogP contribution in [0.5, 0.6) is 0 Å². The standard InChI is InChI=1S/C13H10ClF3N2/c14-9-6-7(4-5-10(9)15)13(19-18)8-2-1-3-11(16)12(8)17/h1-6,13,19H,18H2. The summed E-state index contributed by atoms with van der Waals surface area (Å²) in [7, 11) is 0. The molecule has 0 amide bonds. The van der Waals surface area contributed by atoms with E-state index in [-0.39, 0.29) is 10.6 Å². The molecule has 0 bridgehead atoms. The molecule has 0 aliphatic rings. The predicted molar refractivity (Wildman–Crippen MR) is 66.9 cm³/mol. The highest BCUT2D eigenvalue weighted by molar-refractivity contribution is 6.30. The SMILES string of the molecule is NNC(c1ccc(F)c(Cl)c1)c1cccc(F)c1F. The summed E-state index contributed by atoms with van der Waals surface area (Å²) < 4.78 is 40.0. The first kappa shape index (κ1) is 13.9.